The molecule has 118 valence electrons. The first-order valence-corrected chi connectivity index (χ1v) is 7.26. The smallest absolute Gasteiger partial charge is 0.408 e. The quantitative estimate of drug-likeness (QED) is 0.770. The number of carbonyl (C=O) groups is 1. The molecule has 0 saturated heterocycles. The van der Waals surface area contributed by atoms with Gasteiger partial charge in [-0.2, -0.15) is 0 Å². The molecule has 0 bridgehead atoms. The number of oxazole rings is 1. The molecule has 5 nitrogen and oxygen atoms in total. The zero-order chi connectivity index (χ0) is 16.4. The van der Waals surface area contributed by atoms with Crippen LogP contribution in [0.5, 0.6) is 0 Å². The topological polar surface area (TPSA) is 75.1 Å². The summed E-state index contributed by atoms with van der Waals surface area (Å²) in [4.78, 5) is 25.7. The lowest BCUT2D eigenvalue weighted by Crippen LogP contribution is -2.26. The number of carbonyl (C=O) groups excluding carboxylic acids is 1. The third-order valence-corrected chi connectivity index (χ3v) is 3.69. The Hall–Kier alpha value is -2.60. The van der Waals surface area contributed by atoms with Crippen molar-refractivity contribution in [1.82, 2.24) is 10.3 Å². The lowest BCUT2D eigenvalue weighted by atomic mass is 10.1. The lowest BCUT2D eigenvalue weighted by molar-refractivity contribution is 0.0950. The van der Waals surface area contributed by atoms with Gasteiger partial charge in [-0.1, -0.05) is 23.7 Å². The molecule has 2 N–H and O–H groups in total. The molecule has 0 radical (unpaired) electrons. The van der Waals surface area contributed by atoms with Gasteiger partial charge in [-0.3, -0.25) is 9.78 Å². The van der Waals surface area contributed by atoms with Crippen molar-refractivity contribution in [2.45, 2.75) is 6.42 Å². The Morgan fingerprint density at radius 2 is 2.13 bits per heavy atom. The molecule has 2 aromatic carbocycles. The first-order valence-electron chi connectivity index (χ1n) is 6.88. The fourth-order valence-electron chi connectivity index (χ4n) is 2.28. The summed E-state index contributed by atoms with van der Waals surface area (Å²) in [5, 5.41) is 2.69. The Bertz CT molecular complexity index is 912. The molecular weight excluding hydrogens is 323 g/mol. The zero-order valence-corrected chi connectivity index (χ0v) is 12.6. The molecule has 0 aliphatic heterocycles. The number of fused-ring (bicyclic) bond motifs is 1. The summed E-state index contributed by atoms with van der Waals surface area (Å²) in [6, 6.07) is 9.32. The van der Waals surface area contributed by atoms with Gasteiger partial charge in [-0.15, -0.1) is 0 Å². The van der Waals surface area contributed by atoms with E-state index in [-0.39, 0.29) is 10.6 Å². The molecule has 0 aliphatic carbocycles. The van der Waals surface area contributed by atoms with E-state index < -0.39 is 17.5 Å². The van der Waals surface area contributed by atoms with Gasteiger partial charge in [0.25, 0.3) is 5.91 Å². The average molecular weight is 335 g/mol. The molecule has 1 aromatic heterocycles. The molecule has 0 fully saturated rings. The largest absolute Gasteiger partial charge is 0.417 e. The Labute approximate surface area is 135 Å². The Morgan fingerprint density at radius 1 is 1.30 bits per heavy atom. The maximum absolute atomic E-state index is 13.6. The molecular formula is C16H12ClFN2O3. The van der Waals surface area contributed by atoms with Crippen molar-refractivity contribution in [2.75, 3.05) is 6.54 Å². The maximum atomic E-state index is 13.6. The summed E-state index contributed by atoms with van der Waals surface area (Å²) in [5.41, 5.74) is 1.80. The highest BCUT2D eigenvalue weighted by atomic mass is 35.5. The summed E-state index contributed by atoms with van der Waals surface area (Å²) in [6.45, 7) is 0.303. The zero-order valence-electron chi connectivity index (χ0n) is 11.9. The van der Waals surface area contributed by atoms with Crippen molar-refractivity contribution in [1.29, 1.82) is 0 Å². The van der Waals surface area contributed by atoms with Crippen LogP contribution >= 0.6 is 11.6 Å². The number of nitrogens with one attached hydrogen (secondary N) is 2. The van der Waals surface area contributed by atoms with Crippen LogP contribution in [-0.4, -0.2) is 17.4 Å². The number of aromatic amines is 1. The van der Waals surface area contributed by atoms with E-state index in [9.17, 15) is 14.0 Å². The van der Waals surface area contributed by atoms with Crippen LogP contribution in [0, 0.1) is 5.82 Å². The van der Waals surface area contributed by atoms with Crippen LogP contribution in [0.2, 0.25) is 5.02 Å². The Morgan fingerprint density at radius 3 is 2.91 bits per heavy atom. The van der Waals surface area contributed by atoms with Crippen molar-refractivity contribution in [3.63, 3.8) is 0 Å². The van der Waals surface area contributed by atoms with Gasteiger partial charge >= 0.3 is 5.76 Å². The van der Waals surface area contributed by atoms with Crippen LogP contribution in [-0.2, 0) is 6.42 Å². The number of amides is 1. The van der Waals surface area contributed by atoms with E-state index in [1.807, 2.05) is 0 Å². The second kappa shape index (κ2) is 6.26. The highest BCUT2D eigenvalue weighted by molar-refractivity contribution is 6.33. The van der Waals surface area contributed by atoms with Crippen molar-refractivity contribution < 1.29 is 13.6 Å². The highest BCUT2D eigenvalue weighted by Gasteiger charge is 2.15. The standard InChI is InChI=1S/C16H12ClFN2O3/c17-10-2-1-3-11(18)14(10)15(21)19-7-6-9-4-5-13-12(8-9)20-16(22)23-13/h1-5,8H,6-7H2,(H,19,21)(H,20,22). The molecule has 0 atom stereocenters. The van der Waals surface area contributed by atoms with Crippen molar-refractivity contribution in [2.24, 2.45) is 0 Å². The Balaban J connectivity index is 1.66. The van der Waals surface area contributed by atoms with Crippen molar-refractivity contribution in [3.05, 3.63) is 68.9 Å². The van der Waals surface area contributed by atoms with Gasteiger partial charge in [-0.05, 0) is 36.2 Å². The first kappa shape index (κ1) is 15.3. The van der Waals surface area contributed by atoms with Gasteiger partial charge < -0.3 is 9.73 Å². The summed E-state index contributed by atoms with van der Waals surface area (Å²) in [7, 11) is 0. The number of rotatable bonds is 4. The number of halogens is 2. The molecule has 3 rings (SSSR count). The molecule has 0 aliphatic rings. The second-order valence-electron chi connectivity index (χ2n) is 4.95. The van der Waals surface area contributed by atoms with E-state index in [2.05, 4.69) is 10.3 Å². The molecule has 7 heteroatoms. The molecule has 3 aromatic rings. The Kier molecular flexibility index (Phi) is 4.16. The first-order chi connectivity index (χ1) is 11.0. The summed E-state index contributed by atoms with van der Waals surface area (Å²) in [5.74, 6) is -1.74. The van der Waals surface area contributed by atoms with Gasteiger partial charge in [0.1, 0.15) is 5.82 Å². The summed E-state index contributed by atoms with van der Waals surface area (Å²) >= 11 is 5.84. The molecule has 1 heterocycles. The third kappa shape index (κ3) is 3.27. The van der Waals surface area contributed by atoms with Crippen LogP contribution in [0.1, 0.15) is 15.9 Å². The van der Waals surface area contributed by atoms with E-state index in [0.29, 0.717) is 24.1 Å². The van der Waals surface area contributed by atoms with E-state index in [1.165, 1.54) is 18.2 Å². The maximum Gasteiger partial charge on any atom is 0.417 e. The van der Waals surface area contributed by atoms with Crippen LogP contribution in [0.15, 0.2) is 45.6 Å². The SMILES string of the molecule is O=C(NCCc1ccc2oc(=O)[nH]c2c1)c1c(F)cccc1Cl. The van der Waals surface area contributed by atoms with Gasteiger partial charge in [-0.25, -0.2) is 9.18 Å². The van der Waals surface area contributed by atoms with Gasteiger partial charge in [0.15, 0.2) is 5.58 Å². The van der Waals surface area contributed by atoms with Gasteiger partial charge in [0, 0.05) is 6.54 Å². The fourth-order valence-corrected chi connectivity index (χ4v) is 2.53. The number of benzene rings is 2. The second-order valence-corrected chi connectivity index (χ2v) is 5.35. The average Bonchev–Trinajstić information content (AvgIpc) is 2.86. The summed E-state index contributed by atoms with van der Waals surface area (Å²) in [6.07, 6.45) is 0.515. The number of hydrogen-bond donors (Lipinski definition) is 2. The monoisotopic (exact) mass is 334 g/mol. The number of H-pyrrole nitrogens is 1. The minimum absolute atomic E-state index is 0.0693. The van der Waals surface area contributed by atoms with E-state index in [0.717, 1.165) is 5.56 Å². The van der Waals surface area contributed by atoms with Crippen LogP contribution < -0.4 is 11.1 Å². The highest BCUT2D eigenvalue weighted by Crippen LogP contribution is 2.18. The molecule has 0 spiro atoms. The van der Waals surface area contributed by atoms with Crippen LogP contribution in [0.3, 0.4) is 0 Å². The third-order valence-electron chi connectivity index (χ3n) is 3.37. The molecule has 1 amide bonds. The minimum atomic E-state index is -0.660. The molecule has 0 saturated carbocycles. The normalized spacial score (nSPS) is 10.9. The van der Waals surface area contributed by atoms with Crippen LogP contribution in [0.4, 0.5) is 4.39 Å². The predicted octanol–water partition coefficient (Wildman–Crippen LogP) is 2.89. The lowest BCUT2D eigenvalue weighted by Gasteiger charge is -2.07. The molecule has 0 unspecified atom stereocenters. The van der Waals surface area contributed by atoms with E-state index in [4.69, 9.17) is 16.0 Å². The van der Waals surface area contributed by atoms with Crippen molar-refractivity contribution in [3.8, 4) is 0 Å². The van der Waals surface area contributed by atoms with Crippen molar-refractivity contribution >= 4 is 28.6 Å². The van der Waals surface area contributed by atoms with Crippen LogP contribution in [0.25, 0.3) is 11.1 Å². The number of aromatic nitrogens is 1. The number of hydrogen-bond acceptors (Lipinski definition) is 3. The predicted molar refractivity (Wildman–Crippen MR) is 84.3 cm³/mol. The van der Waals surface area contributed by atoms with Gasteiger partial charge in [0.2, 0.25) is 0 Å². The van der Waals surface area contributed by atoms with Gasteiger partial charge in [0.05, 0.1) is 16.1 Å². The molecule has 23 heavy (non-hydrogen) atoms. The fraction of sp³-hybridized carbons (Fsp3) is 0.125. The minimum Gasteiger partial charge on any atom is -0.408 e. The van der Waals surface area contributed by atoms with E-state index in [1.54, 1.807) is 18.2 Å². The van der Waals surface area contributed by atoms with E-state index >= 15 is 0 Å². The summed E-state index contributed by atoms with van der Waals surface area (Å²) < 4.78 is 18.6.